The molecule has 160 valence electrons. The van der Waals surface area contributed by atoms with E-state index in [0.29, 0.717) is 26.2 Å². The van der Waals surface area contributed by atoms with Crippen LogP contribution < -0.4 is 0 Å². The van der Waals surface area contributed by atoms with Crippen molar-refractivity contribution in [3.63, 3.8) is 0 Å². The number of carbonyl (C=O) groups is 2. The van der Waals surface area contributed by atoms with Crippen LogP contribution in [0.2, 0.25) is 0 Å². The van der Waals surface area contributed by atoms with Gasteiger partial charge >= 0.3 is 11.8 Å². The predicted molar refractivity (Wildman–Crippen MR) is 120 cm³/mol. The van der Waals surface area contributed by atoms with Crippen molar-refractivity contribution in [2.24, 2.45) is 0 Å². The smallest absolute Gasteiger partial charge is 0.312 e. The maximum atomic E-state index is 12.8. The second-order valence-corrected chi connectivity index (χ2v) is 7.84. The molecule has 1 aliphatic heterocycles. The lowest BCUT2D eigenvalue weighted by Gasteiger charge is -2.40. The first-order valence-corrected chi connectivity index (χ1v) is 11.1. The first-order chi connectivity index (χ1) is 14.7. The predicted octanol–water partition coefficient (Wildman–Crippen LogP) is 3.57. The van der Waals surface area contributed by atoms with Gasteiger partial charge in [-0.15, -0.1) is 0 Å². The van der Waals surface area contributed by atoms with E-state index in [1.165, 1.54) is 11.1 Å². The number of rotatable bonds is 7. The number of amides is 2. The standard InChI is InChI=1S/C25H33N3O2/c1-3-15-27(16-4-2)24(29)25(30)28-19-17-26(18-20-28)23(21-11-7-5-8-12-21)22-13-9-6-10-14-22/h5-14,23H,3-4,15-20H2,1-2H3. The van der Waals surface area contributed by atoms with Gasteiger partial charge in [-0.05, 0) is 24.0 Å². The van der Waals surface area contributed by atoms with E-state index in [2.05, 4.69) is 53.4 Å². The summed E-state index contributed by atoms with van der Waals surface area (Å²) in [6, 6.07) is 21.1. The molecule has 0 N–H and O–H groups in total. The Labute approximate surface area is 180 Å². The number of carbonyl (C=O) groups excluding carboxylic acids is 2. The van der Waals surface area contributed by atoms with Gasteiger partial charge in [-0.25, -0.2) is 0 Å². The van der Waals surface area contributed by atoms with Crippen LogP contribution in [0.5, 0.6) is 0 Å². The summed E-state index contributed by atoms with van der Waals surface area (Å²) >= 11 is 0. The molecular formula is C25H33N3O2. The molecule has 0 aromatic heterocycles. The van der Waals surface area contributed by atoms with E-state index in [0.717, 1.165) is 25.9 Å². The number of hydrogen-bond acceptors (Lipinski definition) is 3. The lowest BCUT2D eigenvalue weighted by molar-refractivity contribution is -0.153. The molecule has 1 aliphatic rings. The van der Waals surface area contributed by atoms with E-state index in [-0.39, 0.29) is 17.9 Å². The molecule has 0 radical (unpaired) electrons. The summed E-state index contributed by atoms with van der Waals surface area (Å²) < 4.78 is 0. The van der Waals surface area contributed by atoms with Crippen molar-refractivity contribution in [2.45, 2.75) is 32.7 Å². The Bertz CT molecular complexity index is 756. The molecule has 3 rings (SSSR count). The zero-order valence-corrected chi connectivity index (χ0v) is 18.2. The lowest BCUT2D eigenvalue weighted by Crippen LogP contribution is -2.54. The molecule has 0 aliphatic carbocycles. The van der Waals surface area contributed by atoms with Crippen LogP contribution >= 0.6 is 0 Å². The van der Waals surface area contributed by atoms with E-state index in [1.807, 2.05) is 26.0 Å². The molecule has 1 saturated heterocycles. The molecule has 0 bridgehead atoms. The monoisotopic (exact) mass is 407 g/mol. The maximum Gasteiger partial charge on any atom is 0.312 e. The minimum Gasteiger partial charge on any atom is -0.334 e. The van der Waals surface area contributed by atoms with Crippen LogP contribution in [0, 0.1) is 0 Å². The van der Waals surface area contributed by atoms with Crippen LogP contribution in [0.4, 0.5) is 0 Å². The summed E-state index contributed by atoms with van der Waals surface area (Å²) in [5.41, 5.74) is 2.49. The summed E-state index contributed by atoms with van der Waals surface area (Å²) in [4.78, 5) is 31.4. The van der Waals surface area contributed by atoms with Gasteiger partial charge in [0.05, 0.1) is 6.04 Å². The van der Waals surface area contributed by atoms with E-state index in [9.17, 15) is 9.59 Å². The zero-order chi connectivity index (χ0) is 21.3. The number of piperazine rings is 1. The van der Waals surface area contributed by atoms with Gasteiger partial charge in [-0.3, -0.25) is 14.5 Å². The fraction of sp³-hybridized carbons (Fsp3) is 0.440. The summed E-state index contributed by atoms with van der Waals surface area (Å²) in [7, 11) is 0. The molecule has 1 fully saturated rings. The summed E-state index contributed by atoms with van der Waals surface area (Å²) in [6.45, 7) is 7.99. The Hall–Kier alpha value is -2.66. The highest BCUT2D eigenvalue weighted by Crippen LogP contribution is 2.29. The van der Waals surface area contributed by atoms with Crippen molar-refractivity contribution in [3.8, 4) is 0 Å². The largest absolute Gasteiger partial charge is 0.334 e. The highest BCUT2D eigenvalue weighted by molar-refractivity contribution is 6.34. The average Bonchev–Trinajstić information content (AvgIpc) is 2.80. The normalized spacial score (nSPS) is 14.7. The van der Waals surface area contributed by atoms with Crippen molar-refractivity contribution in [2.75, 3.05) is 39.3 Å². The van der Waals surface area contributed by atoms with Gasteiger partial charge in [0.25, 0.3) is 0 Å². The van der Waals surface area contributed by atoms with Gasteiger partial charge in [-0.1, -0.05) is 74.5 Å². The topological polar surface area (TPSA) is 43.9 Å². The summed E-state index contributed by atoms with van der Waals surface area (Å²) in [6.07, 6.45) is 1.73. The van der Waals surface area contributed by atoms with Crippen molar-refractivity contribution < 1.29 is 9.59 Å². The Morgan fingerprint density at radius 3 is 1.70 bits per heavy atom. The molecule has 2 amide bonds. The first kappa shape index (κ1) is 22.0. The zero-order valence-electron chi connectivity index (χ0n) is 18.2. The average molecular weight is 408 g/mol. The highest BCUT2D eigenvalue weighted by Gasteiger charge is 2.32. The number of hydrogen-bond donors (Lipinski definition) is 0. The minimum absolute atomic E-state index is 0.150. The second kappa shape index (κ2) is 10.9. The van der Waals surface area contributed by atoms with Crippen LogP contribution in [0.3, 0.4) is 0 Å². The molecule has 1 heterocycles. The van der Waals surface area contributed by atoms with Gasteiger partial charge in [0.1, 0.15) is 0 Å². The van der Waals surface area contributed by atoms with E-state index in [4.69, 9.17) is 0 Å². The Balaban J connectivity index is 1.69. The van der Waals surface area contributed by atoms with Crippen LogP contribution in [-0.4, -0.2) is 65.8 Å². The molecule has 5 heteroatoms. The van der Waals surface area contributed by atoms with E-state index >= 15 is 0 Å². The fourth-order valence-electron chi connectivity index (χ4n) is 4.19. The van der Waals surface area contributed by atoms with Gasteiger partial charge in [-0.2, -0.15) is 0 Å². The van der Waals surface area contributed by atoms with Crippen molar-refractivity contribution in [1.29, 1.82) is 0 Å². The summed E-state index contributed by atoms with van der Waals surface area (Å²) in [5, 5.41) is 0. The van der Waals surface area contributed by atoms with E-state index < -0.39 is 0 Å². The van der Waals surface area contributed by atoms with Crippen LogP contribution in [0.15, 0.2) is 60.7 Å². The lowest BCUT2D eigenvalue weighted by atomic mass is 9.96. The highest BCUT2D eigenvalue weighted by atomic mass is 16.2. The fourth-order valence-corrected chi connectivity index (χ4v) is 4.19. The van der Waals surface area contributed by atoms with Crippen LogP contribution in [0.1, 0.15) is 43.9 Å². The second-order valence-electron chi connectivity index (χ2n) is 7.84. The van der Waals surface area contributed by atoms with Crippen molar-refractivity contribution in [1.82, 2.24) is 14.7 Å². The van der Waals surface area contributed by atoms with Gasteiger partial charge in [0, 0.05) is 39.3 Å². The quantitative estimate of drug-likeness (QED) is 0.659. The third kappa shape index (κ3) is 5.28. The molecule has 2 aromatic rings. The number of benzene rings is 2. The third-order valence-corrected chi connectivity index (χ3v) is 5.65. The summed E-state index contributed by atoms with van der Waals surface area (Å²) in [5.74, 6) is -0.706. The van der Waals surface area contributed by atoms with Crippen LogP contribution in [0.25, 0.3) is 0 Å². The molecule has 0 atom stereocenters. The molecule has 2 aromatic carbocycles. The van der Waals surface area contributed by atoms with E-state index in [1.54, 1.807) is 9.80 Å². The molecule has 5 nitrogen and oxygen atoms in total. The van der Waals surface area contributed by atoms with Gasteiger partial charge < -0.3 is 9.80 Å². The molecule has 30 heavy (non-hydrogen) atoms. The molecule has 0 saturated carbocycles. The SMILES string of the molecule is CCCN(CCC)C(=O)C(=O)N1CCN(C(c2ccccc2)c2ccccc2)CC1. The van der Waals surface area contributed by atoms with Crippen molar-refractivity contribution in [3.05, 3.63) is 71.8 Å². The molecule has 0 spiro atoms. The number of nitrogens with zero attached hydrogens (tertiary/aromatic N) is 3. The van der Waals surface area contributed by atoms with Gasteiger partial charge in [0.2, 0.25) is 0 Å². The van der Waals surface area contributed by atoms with Crippen molar-refractivity contribution >= 4 is 11.8 Å². The van der Waals surface area contributed by atoms with Crippen LogP contribution in [-0.2, 0) is 9.59 Å². The Morgan fingerprint density at radius 1 is 0.800 bits per heavy atom. The van der Waals surface area contributed by atoms with Gasteiger partial charge in [0.15, 0.2) is 0 Å². The minimum atomic E-state index is -0.354. The maximum absolute atomic E-state index is 12.8. The Kier molecular flexibility index (Phi) is 8.03. The molecule has 0 unspecified atom stereocenters. The first-order valence-electron chi connectivity index (χ1n) is 11.1. The molecular weight excluding hydrogens is 374 g/mol. The Morgan fingerprint density at radius 2 is 1.27 bits per heavy atom. The third-order valence-electron chi connectivity index (χ3n) is 5.65.